The third-order valence-corrected chi connectivity index (χ3v) is 6.53. The number of rotatable bonds is 9. The van der Waals surface area contributed by atoms with Crippen LogP contribution in [0.2, 0.25) is 0 Å². The number of ether oxygens (including phenoxy) is 2. The number of carbonyl (C=O) groups excluding carboxylic acids is 1. The van der Waals surface area contributed by atoms with E-state index in [1.165, 1.54) is 12.1 Å². The van der Waals surface area contributed by atoms with Gasteiger partial charge in [-0.05, 0) is 69.2 Å². The molecule has 1 N–H and O–H groups in total. The topological polar surface area (TPSA) is 84.9 Å². The van der Waals surface area contributed by atoms with Gasteiger partial charge in [0.2, 0.25) is 0 Å². The minimum Gasteiger partial charge on any atom is -0.494 e. The molecule has 30 heavy (non-hydrogen) atoms. The van der Waals surface area contributed by atoms with Gasteiger partial charge in [-0.15, -0.1) is 0 Å². The van der Waals surface area contributed by atoms with Crippen LogP contribution in [-0.4, -0.2) is 51.6 Å². The second kappa shape index (κ2) is 9.49. The summed E-state index contributed by atoms with van der Waals surface area (Å²) in [5, 5.41) is 0. The van der Waals surface area contributed by atoms with E-state index in [-0.39, 0.29) is 22.9 Å². The van der Waals surface area contributed by atoms with Gasteiger partial charge >= 0.3 is 0 Å². The molecule has 162 valence electrons. The van der Waals surface area contributed by atoms with E-state index in [0.29, 0.717) is 30.2 Å². The lowest BCUT2D eigenvalue weighted by molar-refractivity contribution is -0.0344. The maximum absolute atomic E-state index is 12.8. The van der Waals surface area contributed by atoms with Crippen LogP contribution in [0.4, 0.5) is 5.69 Å². The summed E-state index contributed by atoms with van der Waals surface area (Å²) in [6, 6.07) is 12.9. The monoisotopic (exact) mass is 432 g/mol. The summed E-state index contributed by atoms with van der Waals surface area (Å²) in [6.45, 7) is 5.03. The van der Waals surface area contributed by atoms with Crippen LogP contribution in [0.5, 0.6) is 5.75 Å². The molecule has 1 aliphatic carbocycles. The Morgan fingerprint density at radius 3 is 2.43 bits per heavy atom. The molecule has 1 fully saturated rings. The minimum atomic E-state index is -3.83. The average molecular weight is 433 g/mol. The molecule has 0 bridgehead atoms. The molecule has 1 saturated carbocycles. The zero-order valence-electron chi connectivity index (χ0n) is 17.5. The number of benzene rings is 2. The van der Waals surface area contributed by atoms with Gasteiger partial charge < -0.3 is 14.4 Å². The normalized spacial score (nSPS) is 18.4. The van der Waals surface area contributed by atoms with E-state index in [0.717, 1.165) is 12.8 Å². The number of amides is 1. The first kappa shape index (κ1) is 22.1. The lowest BCUT2D eigenvalue weighted by Crippen LogP contribution is -2.48. The highest BCUT2D eigenvalue weighted by Crippen LogP contribution is 2.29. The SMILES string of the molecule is CCOc1ccc(NS(=O)(=O)c2cccc(C(=O)N(C)C3CC(OCC)C3)c2)cc1. The van der Waals surface area contributed by atoms with Crippen molar-refractivity contribution >= 4 is 21.6 Å². The van der Waals surface area contributed by atoms with Gasteiger partial charge in [0.1, 0.15) is 5.75 Å². The van der Waals surface area contributed by atoms with Gasteiger partial charge in [0.25, 0.3) is 15.9 Å². The van der Waals surface area contributed by atoms with Gasteiger partial charge in [-0.25, -0.2) is 8.42 Å². The number of nitrogens with one attached hydrogen (secondary N) is 1. The van der Waals surface area contributed by atoms with Crippen molar-refractivity contribution < 1.29 is 22.7 Å². The molecule has 1 amide bonds. The molecule has 0 spiro atoms. The molecule has 0 atom stereocenters. The Morgan fingerprint density at radius 2 is 1.80 bits per heavy atom. The third-order valence-electron chi connectivity index (χ3n) is 5.15. The number of carbonyl (C=O) groups is 1. The molecule has 0 saturated heterocycles. The van der Waals surface area contributed by atoms with Gasteiger partial charge in [0, 0.05) is 30.9 Å². The van der Waals surface area contributed by atoms with Crippen LogP contribution in [0, 0.1) is 0 Å². The molecule has 7 nitrogen and oxygen atoms in total. The van der Waals surface area contributed by atoms with E-state index in [4.69, 9.17) is 9.47 Å². The predicted octanol–water partition coefficient (Wildman–Crippen LogP) is 3.53. The van der Waals surface area contributed by atoms with Gasteiger partial charge in [-0.1, -0.05) is 6.07 Å². The summed E-state index contributed by atoms with van der Waals surface area (Å²) in [5.41, 5.74) is 0.760. The van der Waals surface area contributed by atoms with Crippen LogP contribution in [0.3, 0.4) is 0 Å². The quantitative estimate of drug-likeness (QED) is 0.655. The highest BCUT2D eigenvalue weighted by Gasteiger charge is 2.35. The van der Waals surface area contributed by atoms with Crippen molar-refractivity contribution in [1.29, 1.82) is 0 Å². The van der Waals surface area contributed by atoms with Crippen LogP contribution in [0.15, 0.2) is 53.4 Å². The smallest absolute Gasteiger partial charge is 0.261 e. The molecule has 8 heteroatoms. The number of nitrogens with zero attached hydrogens (tertiary/aromatic N) is 1. The second-order valence-electron chi connectivity index (χ2n) is 7.21. The molecule has 3 rings (SSSR count). The van der Waals surface area contributed by atoms with E-state index in [1.54, 1.807) is 48.3 Å². The first-order chi connectivity index (χ1) is 14.3. The zero-order chi connectivity index (χ0) is 21.7. The summed E-state index contributed by atoms with van der Waals surface area (Å²) in [4.78, 5) is 14.5. The van der Waals surface area contributed by atoms with Crippen LogP contribution in [-0.2, 0) is 14.8 Å². The number of anilines is 1. The lowest BCUT2D eigenvalue weighted by atomic mass is 9.87. The third kappa shape index (κ3) is 5.12. The van der Waals surface area contributed by atoms with E-state index in [9.17, 15) is 13.2 Å². The van der Waals surface area contributed by atoms with Gasteiger partial charge in [0.05, 0.1) is 17.6 Å². The fourth-order valence-corrected chi connectivity index (χ4v) is 4.50. The Morgan fingerprint density at radius 1 is 1.10 bits per heavy atom. The van der Waals surface area contributed by atoms with Gasteiger partial charge in [-0.2, -0.15) is 0 Å². The highest BCUT2D eigenvalue weighted by molar-refractivity contribution is 7.92. The molecule has 0 radical (unpaired) electrons. The standard InChI is InChI=1S/C22H28N2O5S/c1-4-28-19-11-9-17(10-12-19)23-30(26,27)21-8-6-7-16(13-21)22(25)24(3)18-14-20(15-18)29-5-2/h6-13,18,20,23H,4-5,14-15H2,1-3H3. The largest absolute Gasteiger partial charge is 0.494 e. The number of sulfonamides is 1. The summed E-state index contributed by atoms with van der Waals surface area (Å²) in [6.07, 6.45) is 1.79. The fraction of sp³-hybridized carbons (Fsp3) is 0.409. The van der Waals surface area contributed by atoms with Crippen LogP contribution in [0.25, 0.3) is 0 Å². The molecular weight excluding hydrogens is 404 g/mol. The molecule has 0 aromatic heterocycles. The van der Waals surface area contributed by atoms with Crippen LogP contribution < -0.4 is 9.46 Å². The summed E-state index contributed by atoms with van der Waals surface area (Å²) in [7, 11) is -2.09. The number of hydrogen-bond acceptors (Lipinski definition) is 5. The summed E-state index contributed by atoms with van der Waals surface area (Å²) >= 11 is 0. The van der Waals surface area contributed by atoms with Crippen LogP contribution in [0.1, 0.15) is 37.0 Å². The Hall–Kier alpha value is -2.58. The van der Waals surface area contributed by atoms with Crippen LogP contribution >= 0.6 is 0 Å². The Kier molecular flexibility index (Phi) is 6.99. The fourth-order valence-electron chi connectivity index (χ4n) is 3.39. The van der Waals surface area contributed by atoms with Crippen molar-refractivity contribution in [3.05, 3.63) is 54.1 Å². The average Bonchev–Trinajstić information content (AvgIpc) is 2.71. The van der Waals surface area contributed by atoms with Crippen molar-refractivity contribution in [2.75, 3.05) is 25.0 Å². The first-order valence-corrected chi connectivity index (χ1v) is 11.6. The zero-order valence-corrected chi connectivity index (χ0v) is 18.3. The molecular formula is C22H28N2O5S. The molecule has 2 aromatic carbocycles. The predicted molar refractivity (Wildman–Crippen MR) is 115 cm³/mol. The molecule has 0 heterocycles. The summed E-state index contributed by atoms with van der Waals surface area (Å²) in [5.74, 6) is 0.465. The number of hydrogen-bond donors (Lipinski definition) is 1. The maximum Gasteiger partial charge on any atom is 0.261 e. The lowest BCUT2D eigenvalue weighted by Gasteiger charge is -2.40. The van der Waals surface area contributed by atoms with E-state index < -0.39 is 10.0 Å². The molecule has 1 aliphatic rings. The highest BCUT2D eigenvalue weighted by atomic mass is 32.2. The van der Waals surface area contributed by atoms with Crippen molar-refractivity contribution in [2.45, 2.75) is 43.7 Å². The second-order valence-corrected chi connectivity index (χ2v) is 8.89. The van der Waals surface area contributed by atoms with Crippen molar-refractivity contribution in [2.24, 2.45) is 0 Å². The Labute approximate surface area is 178 Å². The first-order valence-electron chi connectivity index (χ1n) is 10.1. The molecule has 0 unspecified atom stereocenters. The van der Waals surface area contributed by atoms with E-state index >= 15 is 0 Å². The van der Waals surface area contributed by atoms with E-state index in [1.807, 2.05) is 13.8 Å². The molecule has 0 aliphatic heterocycles. The van der Waals surface area contributed by atoms with Gasteiger partial charge in [0.15, 0.2) is 0 Å². The van der Waals surface area contributed by atoms with E-state index in [2.05, 4.69) is 4.72 Å². The van der Waals surface area contributed by atoms with Gasteiger partial charge in [-0.3, -0.25) is 9.52 Å². The molecule has 2 aromatic rings. The van der Waals surface area contributed by atoms with Crippen molar-refractivity contribution in [3.63, 3.8) is 0 Å². The maximum atomic E-state index is 12.8. The minimum absolute atomic E-state index is 0.0384. The summed E-state index contributed by atoms with van der Waals surface area (Å²) < 4.78 is 39.0. The Balaban J connectivity index is 1.69. The van der Waals surface area contributed by atoms with Crippen molar-refractivity contribution in [3.8, 4) is 5.75 Å². The Bertz CT molecular complexity index is 969. The van der Waals surface area contributed by atoms with Crippen molar-refractivity contribution in [1.82, 2.24) is 4.90 Å².